The molecule has 0 saturated heterocycles. The fourth-order valence-corrected chi connectivity index (χ4v) is 3.21. The van der Waals surface area contributed by atoms with Gasteiger partial charge in [0.2, 0.25) is 0 Å². The third-order valence-corrected chi connectivity index (χ3v) is 4.71. The highest BCUT2D eigenvalue weighted by Crippen LogP contribution is 2.31. The Morgan fingerprint density at radius 2 is 1.87 bits per heavy atom. The van der Waals surface area contributed by atoms with Crippen molar-refractivity contribution < 1.29 is 19.4 Å². The molecule has 0 amide bonds. The monoisotopic (exact) mass is 352 g/mol. The fourth-order valence-electron chi connectivity index (χ4n) is 2.10. The molecule has 0 spiro atoms. The van der Waals surface area contributed by atoms with Crippen molar-refractivity contribution in [1.29, 1.82) is 0 Å². The number of ether oxygens (including phenoxy) is 2. The van der Waals surface area contributed by atoms with Gasteiger partial charge in [-0.2, -0.15) is 0 Å². The number of carboxylic acid groups (broad SMARTS) is 1. The molecule has 0 aromatic heterocycles. The standard InChI is InChI=1S/C17H17ClO4S/c1-21-13-5-8-15(22-2)11(9-13)10-16(17(19)20)23-14-6-3-12(18)4-7-14/h3-9,16H,10H2,1-2H3,(H,19,20)/t16-/m0/s1. The van der Waals surface area contributed by atoms with Gasteiger partial charge in [-0.05, 0) is 54.4 Å². The number of hydrogen-bond donors (Lipinski definition) is 1. The lowest BCUT2D eigenvalue weighted by Gasteiger charge is -2.15. The van der Waals surface area contributed by atoms with Crippen LogP contribution < -0.4 is 9.47 Å². The highest BCUT2D eigenvalue weighted by atomic mass is 35.5. The van der Waals surface area contributed by atoms with Crippen LogP contribution >= 0.6 is 23.4 Å². The van der Waals surface area contributed by atoms with E-state index >= 15 is 0 Å². The van der Waals surface area contributed by atoms with E-state index < -0.39 is 11.2 Å². The first-order valence-electron chi connectivity index (χ1n) is 6.89. The smallest absolute Gasteiger partial charge is 0.317 e. The molecular formula is C17H17ClO4S. The van der Waals surface area contributed by atoms with Crippen LogP contribution in [0.2, 0.25) is 5.02 Å². The number of carbonyl (C=O) groups is 1. The first-order chi connectivity index (χ1) is 11.0. The summed E-state index contributed by atoms with van der Waals surface area (Å²) in [4.78, 5) is 12.5. The van der Waals surface area contributed by atoms with E-state index in [1.807, 2.05) is 12.1 Å². The summed E-state index contributed by atoms with van der Waals surface area (Å²) in [6, 6.07) is 12.5. The van der Waals surface area contributed by atoms with E-state index in [1.54, 1.807) is 44.6 Å². The number of hydrogen-bond acceptors (Lipinski definition) is 4. The van der Waals surface area contributed by atoms with E-state index in [1.165, 1.54) is 11.8 Å². The topological polar surface area (TPSA) is 55.8 Å². The van der Waals surface area contributed by atoms with Crippen LogP contribution in [0.15, 0.2) is 47.4 Å². The lowest BCUT2D eigenvalue weighted by molar-refractivity contribution is -0.136. The Hall–Kier alpha value is -1.85. The molecule has 2 rings (SSSR count). The largest absolute Gasteiger partial charge is 0.497 e. The van der Waals surface area contributed by atoms with E-state index in [4.69, 9.17) is 21.1 Å². The van der Waals surface area contributed by atoms with Crippen LogP contribution in [0.1, 0.15) is 5.56 Å². The molecule has 0 aliphatic heterocycles. The Morgan fingerprint density at radius 1 is 1.17 bits per heavy atom. The molecule has 0 heterocycles. The van der Waals surface area contributed by atoms with Crippen molar-refractivity contribution in [3.05, 3.63) is 53.1 Å². The van der Waals surface area contributed by atoms with Crippen LogP contribution in [-0.2, 0) is 11.2 Å². The van der Waals surface area contributed by atoms with Crippen LogP contribution in [0, 0.1) is 0 Å². The van der Waals surface area contributed by atoms with E-state index in [0.717, 1.165) is 10.5 Å². The number of aliphatic carboxylic acids is 1. The van der Waals surface area contributed by atoms with Crippen molar-refractivity contribution in [2.24, 2.45) is 0 Å². The molecule has 1 atom stereocenters. The third kappa shape index (κ3) is 4.81. The predicted molar refractivity (Wildman–Crippen MR) is 92.0 cm³/mol. The van der Waals surface area contributed by atoms with E-state index in [-0.39, 0.29) is 0 Å². The van der Waals surface area contributed by atoms with Crippen LogP contribution in [0.4, 0.5) is 0 Å². The molecule has 23 heavy (non-hydrogen) atoms. The molecule has 2 aromatic rings. The zero-order valence-corrected chi connectivity index (χ0v) is 14.4. The Balaban J connectivity index is 2.22. The first-order valence-corrected chi connectivity index (χ1v) is 8.15. The second kappa shape index (κ2) is 8.13. The van der Waals surface area contributed by atoms with Gasteiger partial charge in [0.15, 0.2) is 0 Å². The Kier molecular flexibility index (Phi) is 6.19. The van der Waals surface area contributed by atoms with Crippen LogP contribution in [-0.4, -0.2) is 30.5 Å². The van der Waals surface area contributed by atoms with Crippen LogP contribution in [0.5, 0.6) is 11.5 Å². The molecule has 0 aliphatic rings. The number of benzene rings is 2. The summed E-state index contributed by atoms with van der Waals surface area (Å²) < 4.78 is 10.5. The van der Waals surface area contributed by atoms with Gasteiger partial charge >= 0.3 is 5.97 Å². The Labute approximate surface area is 144 Å². The second-order valence-corrected chi connectivity index (χ2v) is 6.49. The summed E-state index contributed by atoms with van der Waals surface area (Å²) in [7, 11) is 3.14. The maximum absolute atomic E-state index is 11.6. The van der Waals surface area contributed by atoms with E-state index in [0.29, 0.717) is 22.9 Å². The summed E-state index contributed by atoms with van der Waals surface area (Å²) in [5.41, 5.74) is 0.792. The fraction of sp³-hybridized carbons (Fsp3) is 0.235. The normalized spacial score (nSPS) is 11.8. The third-order valence-electron chi connectivity index (χ3n) is 3.26. The maximum Gasteiger partial charge on any atom is 0.317 e. The zero-order chi connectivity index (χ0) is 16.8. The minimum atomic E-state index is -0.880. The van der Waals surface area contributed by atoms with Crippen molar-refractivity contribution in [3.8, 4) is 11.5 Å². The summed E-state index contributed by atoms with van der Waals surface area (Å²) in [5, 5.41) is 9.50. The van der Waals surface area contributed by atoms with Gasteiger partial charge in [0.25, 0.3) is 0 Å². The SMILES string of the molecule is COc1ccc(OC)c(C[C@H](Sc2ccc(Cl)cc2)C(=O)O)c1. The minimum absolute atomic E-state index is 0.322. The molecule has 122 valence electrons. The first kappa shape index (κ1) is 17.5. The maximum atomic E-state index is 11.6. The number of carboxylic acids is 1. The Morgan fingerprint density at radius 3 is 2.43 bits per heavy atom. The number of halogens is 1. The summed E-state index contributed by atoms with van der Waals surface area (Å²) >= 11 is 7.14. The molecule has 2 aromatic carbocycles. The van der Waals surface area contributed by atoms with Gasteiger partial charge < -0.3 is 14.6 Å². The molecule has 4 nitrogen and oxygen atoms in total. The summed E-state index contributed by atoms with van der Waals surface area (Å²) in [6.07, 6.45) is 0.322. The lowest BCUT2D eigenvalue weighted by Crippen LogP contribution is -2.19. The van der Waals surface area contributed by atoms with Crippen molar-refractivity contribution in [2.45, 2.75) is 16.6 Å². The van der Waals surface area contributed by atoms with Gasteiger partial charge in [0.1, 0.15) is 16.7 Å². The molecule has 0 radical (unpaired) electrons. The highest BCUT2D eigenvalue weighted by Gasteiger charge is 2.21. The lowest BCUT2D eigenvalue weighted by atomic mass is 10.1. The van der Waals surface area contributed by atoms with Crippen LogP contribution in [0.25, 0.3) is 0 Å². The molecular weight excluding hydrogens is 336 g/mol. The van der Waals surface area contributed by atoms with E-state index in [9.17, 15) is 9.90 Å². The highest BCUT2D eigenvalue weighted by molar-refractivity contribution is 8.00. The minimum Gasteiger partial charge on any atom is -0.497 e. The van der Waals surface area contributed by atoms with Crippen molar-refractivity contribution >= 4 is 29.3 Å². The molecule has 0 bridgehead atoms. The molecule has 0 fully saturated rings. The Bertz CT molecular complexity index is 673. The molecule has 0 unspecified atom stereocenters. The van der Waals surface area contributed by atoms with Crippen molar-refractivity contribution in [3.63, 3.8) is 0 Å². The molecule has 0 aliphatic carbocycles. The quantitative estimate of drug-likeness (QED) is 0.759. The molecule has 6 heteroatoms. The molecule has 1 N–H and O–H groups in total. The summed E-state index contributed by atoms with van der Waals surface area (Å²) in [5.74, 6) is 0.435. The van der Waals surface area contributed by atoms with Gasteiger partial charge in [-0.1, -0.05) is 11.6 Å². The second-order valence-electron chi connectivity index (χ2n) is 4.78. The number of rotatable bonds is 7. The van der Waals surface area contributed by atoms with Gasteiger partial charge in [-0.3, -0.25) is 4.79 Å². The van der Waals surface area contributed by atoms with Gasteiger partial charge in [-0.25, -0.2) is 0 Å². The zero-order valence-electron chi connectivity index (χ0n) is 12.8. The summed E-state index contributed by atoms with van der Waals surface area (Å²) in [6.45, 7) is 0. The van der Waals surface area contributed by atoms with Crippen molar-refractivity contribution in [2.75, 3.05) is 14.2 Å². The average molecular weight is 353 g/mol. The number of methoxy groups -OCH3 is 2. The van der Waals surface area contributed by atoms with Gasteiger partial charge in [0.05, 0.1) is 14.2 Å². The predicted octanol–water partition coefficient (Wildman–Crippen LogP) is 4.15. The van der Waals surface area contributed by atoms with Crippen molar-refractivity contribution in [1.82, 2.24) is 0 Å². The average Bonchev–Trinajstić information content (AvgIpc) is 2.56. The molecule has 0 saturated carbocycles. The van der Waals surface area contributed by atoms with Gasteiger partial charge in [-0.15, -0.1) is 11.8 Å². The van der Waals surface area contributed by atoms with Crippen LogP contribution in [0.3, 0.4) is 0 Å². The van der Waals surface area contributed by atoms with E-state index in [2.05, 4.69) is 0 Å². The van der Waals surface area contributed by atoms with Gasteiger partial charge in [0, 0.05) is 9.92 Å². The number of thioether (sulfide) groups is 1.